The molecule has 0 bridgehead atoms. The van der Waals surface area contributed by atoms with Crippen molar-refractivity contribution >= 4 is 23.2 Å². The molecule has 2 nitrogen and oxygen atoms in total. The molecule has 0 amide bonds. The minimum absolute atomic E-state index is 0.397. The summed E-state index contributed by atoms with van der Waals surface area (Å²) >= 11 is 11.7. The summed E-state index contributed by atoms with van der Waals surface area (Å²) in [5.41, 5.74) is 0.860. The Morgan fingerprint density at radius 2 is 1.81 bits per heavy atom. The van der Waals surface area contributed by atoms with Gasteiger partial charge in [0.2, 0.25) is 0 Å². The Labute approximate surface area is 104 Å². The fourth-order valence-corrected chi connectivity index (χ4v) is 1.52. The van der Waals surface area contributed by atoms with Crippen molar-refractivity contribution in [1.29, 1.82) is 0 Å². The lowest BCUT2D eigenvalue weighted by atomic mass is 10.3. The van der Waals surface area contributed by atoms with Crippen LogP contribution in [-0.2, 0) is 6.61 Å². The maximum atomic E-state index is 5.90. The van der Waals surface area contributed by atoms with E-state index in [1.54, 1.807) is 18.3 Å². The molecule has 0 aliphatic rings. The highest BCUT2D eigenvalue weighted by molar-refractivity contribution is 6.30. The Kier molecular flexibility index (Phi) is 3.65. The number of benzene rings is 1. The van der Waals surface area contributed by atoms with Gasteiger partial charge in [-0.3, -0.25) is 0 Å². The molecule has 0 spiro atoms. The van der Waals surface area contributed by atoms with Gasteiger partial charge in [0.1, 0.15) is 17.5 Å². The lowest BCUT2D eigenvalue weighted by Gasteiger charge is -2.06. The van der Waals surface area contributed by atoms with Gasteiger partial charge in [-0.25, -0.2) is 4.98 Å². The summed E-state index contributed by atoms with van der Waals surface area (Å²) in [4.78, 5) is 3.97. The van der Waals surface area contributed by atoms with E-state index in [2.05, 4.69) is 4.98 Å². The predicted octanol–water partition coefficient (Wildman–Crippen LogP) is 3.97. The van der Waals surface area contributed by atoms with Crippen LogP contribution >= 0.6 is 23.2 Å². The third kappa shape index (κ3) is 2.87. The van der Waals surface area contributed by atoms with Crippen molar-refractivity contribution in [3.63, 3.8) is 0 Å². The molecule has 2 aromatic rings. The first-order chi connectivity index (χ1) is 7.75. The first kappa shape index (κ1) is 11.2. The molecule has 0 saturated carbocycles. The van der Waals surface area contributed by atoms with Gasteiger partial charge >= 0.3 is 0 Å². The highest BCUT2D eigenvalue weighted by Crippen LogP contribution is 2.18. The molecule has 0 fully saturated rings. The molecule has 0 aliphatic carbocycles. The number of aromatic nitrogens is 1. The van der Waals surface area contributed by atoms with Gasteiger partial charge in [-0.05, 0) is 30.3 Å². The van der Waals surface area contributed by atoms with Gasteiger partial charge in [0.05, 0.1) is 0 Å². The monoisotopic (exact) mass is 253 g/mol. The first-order valence-electron chi connectivity index (χ1n) is 4.73. The van der Waals surface area contributed by atoms with Gasteiger partial charge in [-0.15, -0.1) is 0 Å². The Morgan fingerprint density at radius 1 is 1.06 bits per heavy atom. The number of hydrogen-bond acceptors (Lipinski definition) is 2. The van der Waals surface area contributed by atoms with Crippen LogP contribution in [0.4, 0.5) is 0 Å². The molecule has 0 atom stereocenters. The molecule has 4 heteroatoms. The summed E-state index contributed by atoms with van der Waals surface area (Å²) in [5.74, 6) is 0.754. The Morgan fingerprint density at radius 3 is 2.50 bits per heavy atom. The SMILES string of the molecule is Clc1ccc(OCc2cccnc2Cl)cc1. The van der Waals surface area contributed by atoms with Gasteiger partial charge in [0.15, 0.2) is 0 Å². The van der Waals surface area contributed by atoms with Gasteiger partial charge in [-0.1, -0.05) is 29.3 Å². The molecule has 16 heavy (non-hydrogen) atoms. The summed E-state index contributed by atoms with van der Waals surface area (Å²) in [7, 11) is 0. The minimum Gasteiger partial charge on any atom is -0.489 e. The molecule has 0 aliphatic heterocycles. The second-order valence-electron chi connectivity index (χ2n) is 3.20. The Balaban J connectivity index is 2.02. The van der Waals surface area contributed by atoms with E-state index in [9.17, 15) is 0 Å². The number of pyridine rings is 1. The molecule has 1 aromatic heterocycles. The van der Waals surface area contributed by atoms with Crippen molar-refractivity contribution in [2.45, 2.75) is 6.61 Å². The van der Waals surface area contributed by atoms with Gasteiger partial charge < -0.3 is 4.74 Å². The van der Waals surface area contributed by atoms with Crippen molar-refractivity contribution in [3.8, 4) is 5.75 Å². The molecule has 1 heterocycles. The highest BCUT2D eigenvalue weighted by Gasteiger charge is 2.01. The fraction of sp³-hybridized carbons (Fsp3) is 0.0833. The van der Waals surface area contributed by atoms with Crippen LogP contribution in [0.3, 0.4) is 0 Å². The maximum Gasteiger partial charge on any atom is 0.135 e. The van der Waals surface area contributed by atoms with E-state index in [1.807, 2.05) is 24.3 Å². The van der Waals surface area contributed by atoms with E-state index >= 15 is 0 Å². The molecule has 82 valence electrons. The largest absolute Gasteiger partial charge is 0.489 e. The summed E-state index contributed by atoms with van der Waals surface area (Å²) < 4.78 is 5.54. The second-order valence-corrected chi connectivity index (χ2v) is 3.99. The van der Waals surface area contributed by atoms with Crippen molar-refractivity contribution in [3.05, 3.63) is 58.3 Å². The number of hydrogen-bond donors (Lipinski definition) is 0. The predicted molar refractivity (Wildman–Crippen MR) is 65.0 cm³/mol. The average Bonchev–Trinajstić information content (AvgIpc) is 2.30. The summed E-state index contributed by atoms with van der Waals surface area (Å²) in [6.07, 6.45) is 1.65. The van der Waals surface area contributed by atoms with E-state index < -0.39 is 0 Å². The van der Waals surface area contributed by atoms with E-state index in [4.69, 9.17) is 27.9 Å². The zero-order chi connectivity index (χ0) is 11.4. The maximum absolute atomic E-state index is 5.90. The van der Waals surface area contributed by atoms with Gasteiger partial charge in [-0.2, -0.15) is 0 Å². The first-order valence-corrected chi connectivity index (χ1v) is 5.49. The van der Waals surface area contributed by atoms with Crippen LogP contribution in [0.2, 0.25) is 10.2 Å². The van der Waals surface area contributed by atoms with Gasteiger partial charge in [0.25, 0.3) is 0 Å². The standard InChI is InChI=1S/C12H9Cl2NO/c13-10-3-5-11(6-4-10)16-8-9-2-1-7-15-12(9)14/h1-7H,8H2. The van der Waals surface area contributed by atoms with E-state index in [0.29, 0.717) is 16.8 Å². The highest BCUT2D eigenvalue weighted by atomic mass is 35.5. The number of halogens is 2. The molecule has 2 rings (SSSR count). The molecule has 0 radical (unpaired) electrons. The summed E-state index contributed by atoms with van der Waals surface area (Å²) in [6.45, 7) is 0.397. The zero-order valence-corrected chi connectivity index (χ0v) is 9.87. The van der Waals surface area contributed by atoms with Crippen LogP contribution in [0.5, 0.6) is 5.75 Å². The van der Waals surface area contributed by atoms with E-state index in [1.165, 1.54) is 0 Å². The molecular weight excluding hydrogens is 245 g/mol. The second kappa shape index (κ2) is 5.19. The average molecular weight is 254 g/mol. The molecular formula is C12H9Cl2NO. The summed E-state index contributed by atoms with van der Waals surface area (Å²) in [5, 5.41) is 1.16. The van der Waals surface area contributed by atoms with Crippen LogP contribution < -0.4 is 4.74 Å². The van der Waals surface area contributed by atoms with Crippen molar-refractivity contribution in [2.24, 2.45) is 0 Å². The van der Waals surface area contributed by atoms with E-state index in [-0.39, 0.29) is 0 Å². The zero-order valence-electron chi connectivity index (χ0n) is 8.36. The smallest absolute Gasteiger partial charge is 0.135 e. The topological polar surface area (TPSA) is 22.1 Å². The van der Waals surface area contributed by atoms with Crippen molar-refractivity contribution in [1.82, 2.24) is 4.98 Å². The lowest BCUT2D eigenvalue weighted by molar-refractivity contribution is 0.306. The molecule has 0 saturated heterocycles. The Hall–Kier alpha value is -1.25. The quantitative estimate of drug-likeness (QED) is 0.773. The third-order valence-electron chi connectivity index (χ3n) is 2.04. The van der Waals surface area contributed by atoms with Gasteiger partial charge in [0, 0.05) is 16.8 Å². The van der Waals surface area contributed by atoms with Crippen LogP contribution in [0.1, 0.15) is 5.56 Å². The van der Waals surface area contributed by atoms with Crippen molar-refractivity contribution < 1.29 is 4.74 Å². The van der Waals surface area contributed by atoms with Crippen LogP contribution in [-0.4, -0.2) is 4.98 Å². The molecule has 0 unspecified atom stereocenters. The molecule has 0 N–H and O–H groups in total. The molecule has 1 aromatic carbocycles. The van der Waals surface area contributed by atoms with Crippen molar-refractivity contribution in [2.75, 3.05) is 0 Å². The number of rotatable bonds is 3. The Bertz CT molecular complexity index is 471. The number of nitrogens with zero attached hydrogens (tertiary/aromatic N) is 1. The minimum atomic E-state index is 0.397. The van der Waals surface area contributed by atoms with Crippen LogP contribution in [0.25, 0.3) is 0 Å². The number of ether oxygens (including phenoxy) is 1. The normalized spacial score (nSPS) is 10.1. The lowest BCUT2D eigenvalue weighted by Crippen LogP contribution is -1.96. The van der Waals surface area contributed by atoms with Crippen LogP contribution in [0, 0.1) is 0 Å². The third-order valence-corrected chi connectivity index (χ3v) is 2.64. The summed E-state index contributed by atoms with van der Waals surface area (Å²) in [6, 6.07) is 10.9. The van der Waals surface area contributed by atoms with Crippen LogP contribution in [0.15, 0.2) is 42.6 Å². The fourth-order valence-electron chi connectivity index (χ4n) is 1.22. The van der Waals surface area contributed by atoms with E-state index in [0.717, 1.165) is 11.3 Å².